The van der Waals surface area contributed by atoms with Crippen LogP contribution in [0.4, 0.5) is 4.39 Å². The second-order valence-electron chi connectivity index (χ2n) is 6.33. The summed E-state index contributed by atoms with van der Waals surface area (Å²) >= 11 is 0. The highest BCUT2D eigenvalue weighted by Gasteiger charge is 2.30. The second kappa shape index (κ2) is 4.67. The summed E-state index contributed by atoms with van der Waals surface area (Å²) in [5, 5.41) is 0. The third kappa shape index (κ3) is 1.75. The van der Waals surface area contributed by atoms with Gasteiger partial charge in [-0.3, -0.25) is 0 Å². The number of aryl methyl sites for hydroxylation is 5. The summed E-state index contributed by atoms with van der Waals surface area (Å²) < 4.78 is 18.1. The molecule has 0 spiro atoms. The van der Waals surface area contributed by atoms with Crippen molar-refractivity contribution in [1.82, 2.24) is 4.57 Å². The minimum atomic E-state index is -0.171. The number of hydrogen-bond acceptors (Lipinski definition) is 0. The Hall–Kier alpha value is -2.16. The molecule has 0 amide bonds. The zero-order valence-electron chi connectivity index (χ0n) is 13.3. The lowest BCUT2D eigenvalue weighted by atomic mass is 9.99. The van der Waals surface area contributed by atoms with Crippen LogP contribution in [0.15, 0.2) is 30.3 Å². The Morgan fingerprint density at radius 2 is 1.91 bits per heavy atom. The summed E-state index contributed by atoms with van der Waals surface area (Å²) in [4.78, 5) is 0. The molecule has 1 aliphatic heterocycles. The highest BCUT2D eigenvalue weighted by atomic mass is 19.1. The maximum Gasteiger partial charge on any atom is 0.289 e. The number of rotatable bonds is 1. The first-order chi connectivity index (χ1) is 10.6. The van der Waals surface area contributed by atoms with Crippen molar-refractivity contribution in [2.24, 2.45) is 7.05 Å². The van der Waals surface area contributed by atoms with Gasteiger partial charge in [0.15, 0.2) is 11.0 Å². The molecule has 0 fully saturated rings. The fourth-order valence-electron chi connectivity index (χ4n) is 3.85. The van der Waals surface area contributed by atoms with Crippen molar-refractivity contribution in [3.05, 3.63) is 52.8 Å². The maximum atomic E-state index is 13.5. The number of nitrogens with zero attached hydrogens (tertiary/aromatic N) is 2. The van der Waals surface area contributed by atoms with Crippen molar-refractivity contribution >= 4 is 11.0 Å². The molecule has 3 heteroatoms. The number of halogens is 1. The first-order valence-electron chi connectivity index (χ1n) is 7.85. The van der Waals surface area contributed by atoms with Crippen molar-refractivity contribution in [2.45, 2.75) is 33.2 Å². The molecule has 4 rings (SSSR count). The molecule has 0 saturated heterocycles. The van der Waals surface area contributed by atoms with E-state index in [4.69, 9.17) is 0 Å². The first-order valence-corrected chi connectivity index (χ1v) is 7.85. The summed E-state index contributed by atoms with van der Waals surface area (Å²) in [6, 6.07) is 9.51. The maximum absolute atomic E-state index is 13.5. The van der Waals surface area contributed by atoms with Crippen LogP contribution in [0.1, 0.15) is 23.1 Å². The molecule has 22 heavy (non-hydrogen) atoms. The molecule has 0 saturated carbocycles. The third-order valence-corrected chi connectivity index (χ3v) is 4.94. The lowest BCUT2D eigenvalue weighted by Gasteiger charge is -2.13. The van der Waals surface area contributed by atoms with Gasteiger partial charge in [0, 0.05) is 5.56 Å². The summed E-state index contributed by atoms with van der Waals surface area (Å²) in [7, 11) is 2.11. The van der Waals surface area contributed by atoms with E-state index < -0.39 is 0 Å². The molecule has 0 unspecified atom stereocenters. The van der Waals surface area contributed by atoms with Gasteiger partial charge in [-0.25, -0.2) is 13.5 Å². The van der Waals surface area contributed by atoms with Crippen LogP contribution in [0.5, 0.6) is 0 Å². The zero-order chi connectivity index (χ0) is 15.4. The predicted octanol–water partition coefficient (Wildman–Crippen LogP) is 3.83. The van der Waals surface area contributed by atoms with Gasteiger partial charge in [-0.2, -0.15) is 0 Å². The van der Waals surface area contributed by atoms with Crippen molar-refractivity contribution in [3.63, 3.8) is 0 Å². The van der Waals surface area contributed by atoms with Gasteiger partial charge in [0.1, 0.15) is 5.82 Å². The van der Waals surface area contributed by atoms with Crippen LogP contribution in [0, 0.1) is 19.7 Å². The molecule has 0 N–H and O–H groups in total. The summed E-state index contributed by atoms with van der Waals surface area (Å²) in [5.74, 6) is 1.01. The average molecular weight is 295 g/mol. The Labute approximate surface area is 129 Å². The molecule has 2 aromatic carbocycles. The van der Waals surface area contributed by atoms with E-state index in [9.17, 15) is 4.39 Å². The number of hydrogen-bond donors (Lipinski definition) is 0. The van der Waals surface area contributed by atoms with Crippen molar-refractivity contribution < 1.29 is 8.96 Å². The molecule has 1 aliphatic rings. The second-order valence-corrected chi connectivity index (χ2v) is 6.33. The van der Waals surface area contributed by atoms with Gasteiger partial charge in [0.2, 0.25) is 0 Å². The van der Waals surface area contributed by atoms with Gasteiger partial charge in [-0.05, 0) is 62.1 Å². The third-order valence-electron chi connectivity index (χ3n) is 4.94. The summed E-state index contributed by atoms with van der Waals surface area (Å²) in [6.45, 7) is 5.21. The van der Waals surface area contributed by atoms with Crippen LogP contribution in [0.2, 0.25) is 0 Å². The molecule has 112 valence electrons. The monoisotopic (exact) mass is 295 g/mol. The van der Waals surface area contributed by atoms with Gasteiger partial charge >= 0.3 is 0 Å². The Morgan fingerprint density at radius 1 is 1.09 bits per heavy atom. The highest BCUT2D eigenvalue weighted by Crippen LogP contribution is 2.30. The van der Waals surface area contributed by atoms with Crippen molar-refractivity contribution in [2.75, 3.05) is 0 Å². The molecule has 2 heterocycles. The Balaban J connectivity index is 2.11. The largest absolute Gasteiger partial charge is 0.289 e. The van der Waals surface area contributed by atoms with Crippen LogP contribution in [-0.2, 0) is 20.0 Å². The molecule has 0 aliphatic carbocycles. The van der Waals surface area contributed by atoms with E-state index in [1.54, 1.807) is 12.1 Å². The number of imidazole rings is 1. The van der Waals surface area contributed by atoms with E-state index in [-0.39, 0.29) is 5.82 Å². The van der Waals surface area contributed by atoms with E-state index in [1.165, 1.54) is 28.0 Å². The lowest BCUT2D eigenvalue weighted by Crippen LogP contribution is -2.39. The summed E-state index contributed by atoms with van der Waals surface area (Å²) in [5.41, 5.74) is 7.55. The topological polar surface area (TPSA) is 8.81 Å². The Morgan fingerprint density at radius 3 is 2.68 bits per heavy atom. The molecule has 0 atom stereocenters. The van der Waals surface area contributed by atoms with Gasteiger partial charge in [0.05, 0.1) is 19.2 Å². The Kier molecular flexibility index (Phi) is 2.86. The van der Waals surface area contributed by atoms with Gasteiger partial charge in [-0.15, -0.1) is 0 Å². The number of aromatic nitrogens is 2. The standard InChI is InChI=1S/C19H20FN2/c1-12-6-9-17-18-15(12)5-4-10-22(18)19(21(17)3)16-8-7-14(20)11-13(16)2/h6-9,11H,4-5,10H2,1-3H3/q+1. The fraction of sp³-hybridized carbons (Fsp3) is 0.316. The SMILES string of the molecule is Cc1cc(F)ccc1-c1n(C)c2ccc(C)c3c2[n+]1CCC3. The zero-order valence-corrected chi connectivity index (χ0v) is 13.3. The predicted molar refractivity (Wildman–Crippen MR) is 86.3 cm³/mol. The van der Waals surface area contributed by atoms with Gasteiger partial charge < -0.3 is 0 Å². The normalized spacial score (nSPS) is 13.8. The minimum absolute atomic E-state index is 0.171. The van der Waals surface area contributed by atoms with Gasteiger partial charge in [0.25, 0.3) is 5.82 Å². The Bertz CT molecular complexity index is 906. The summed E-state index contributed by atoms with van der Waals surface area (Å²) in [6.07, 6.45) is 2.31. The van der Waals surface area contributed by atoms with Crippen LogP contribution in [0.25, 0.3) is 22.4 Å². The smallest absolute Gasteiger partial charge is 0.226 e. The molecule has 3 aromatic rings. The number of benzene rings is 2. The van der Waals surface area contributed by atoms with E-state index in [1.807, 2.05) is 13.0 Å². The molecular formula is C19H20FN2+. The van der Waals surface area contributed by atoms with Crippen LogP contribution >= 0.6 is 0 Å². The van der Waals surface area contributed by atoms with Crippen molar-refractivity contribution in [1.29, 1.82) is 0 Å². The molecule has 2 nitrogen and oxygen atoms in total. The first kappa shape index (κ1) is 13.5. The fourth-order valence-corrected chi connectivity index (χ4v) is 3.85. The van der Waals surface area contributed by atoms with Crippen molar-refractivity contribution in [3.8, 4) is 11.4 Å². The van der Waals surface area contributed by atoms with Crippen LogP contribution in [0.3, 0.4) is 0 Å². The molecular weight excluding hydrogens is 275 g/mol. The minimum Gasteiger partial charge on any atom is -0.226 e. The van der Waals surface area contributed by atoms with Gasteiger partial charge in [-0.1, -0.05) is 6.07 Å². The van der Waals surface area contributed by atoms with E-state index >= 15 is 0 Å². The van der Waals surface area contributed by atoms with E-state index in [2.05, 4.69) is 35.2 Å². The van der Waals surface area contributed by atoms with Crippen LogP contribution < -0.4 is 4.57 Å². The quantitative estimate of drug-likeness (QED) is 0.603. The highest BCUT2D eigenvalue weighted by molar-refractivity contribution is 5.81. The molecule has 0 radical (unpaired) electrons. The van der Waals surface area contributed by atoms with Crippen LogP contribution in [-0.4, -0.2) is 4.57 Å². The molecule has 0 bridgehead atoms. The van der Waals surface area contributed by atoms with E-state index in [0.717, 1.165) is 30.5 Å². The average Bonchev–Trinajstić information content (AvgIpc) is 2.77. The lowest BCUT2D eigenvalue weighted by molar-refractivity contribution is -0.664. The van der Waals surface area contributed by atoms with E-state index in [0.29, 0.717) is 0 Å². The molecule has 1 aromatic heterocycles.